The SMILES string of the molecule is CCC1CC(N(CCO)CC2CCCN2)CCO1. The Kier molecular flexibility index (Phi) is 5.89. The molecule has 0 spiro atoms. The minimum atomic E-state index is 0.265. The Bertz CT molecular complexity index is 232. The molecule has 0 amide bonds. The highest BCUT2D eigenvalue weighted by atomic mass is 16.5. The molecule has 18 heavy (non-hydrogen) atoms. The predicted molar refractivity (Wildman–Crippen MR) is 72.7 cm³/mol. The first-order chi connectivity index (χ1) is 8.83. The molecule has 0 aromatic heterocycles. The summed E-state index contributed by atoms with van der Waals surface area (Å²) in [4.78, 5) is 2.48. The van der Waals surface area contributed by atoms with E-state index >= 15 is 0 Å². The van der Waals surface area contributed by atoms with Crippen molar-refractivity contribution in [3.8, 4) is 0 Å². The third-order valence-corrected chi connectivity index (χ3v) is 4.32. The van der Waals surface area contributed by atoms with Crippen LogP contribution in [0.15, 0.2) is 0 Å². The van der Waals surface area contributed by atoms with Crippen LogP contribution in [0.5, 0.6) is 0 Å². The summed E-state index contributed by atoms with van der Waals surface area (Å²) in [7, 11) is 0. The van der Waals surface area contributed by atoms with Gasteiger partial charge in [-0.05, 0) is 38.6 Å². The van der Waals surface area contributed by atoms with Gasteiger partial charge in [0.2, 0.25) is 0 Å². The van der Waals surface area contributed by atoms with E-state index in [-0.39, 0.29) is 6.61 Å². The van der Waals surface area contributed by atoms with Gasteiger partial charge in [0.05, 0.1) is 12.7 Å². The van der Waals surface area contributed by atoms with Crippen molar-refractivity contribution >= 4 is 0 Å². The zero-order valence-corrected chi connectivity index (χ0v) is 11.6. The quantitative estimate of drug-likeness (QED) is 0.744. The first-order valence-electron chi connectivity index (χ1n) is 7.53. The molecule has 0 aromatic rings. The zero-order chi connectivity index (χ0) is 12.8. The van der Waals surface area contributed by atoms with Crippen LogP contribution in [0.3, 0.4) is 0 Å². The van der Waals surface area contributed by atoms with E-state index < -0.39 is 0 Å². The van der Waals surface area contributed by atoms with Crippen molar-refractivity contribution in [1.29, 1.82) is 0 Å². The normalized spacial score (nSPS) is 33.2. The van der Waals surface area contributed by atoms with Gasteiger partial charge < -0.3 is 15.2 Å². The number of nitrogens with zero attached hydrogens (tertiary/aromatic N) is 1. The van der Waals surface area contributed by atoms with Crippen molar-refractivity contribution in [3.63, 3.8) is 0 Å². The zero-order valence-electron chi connectivity index (χ0n) is 11.6. The molecule has 0 saturated carbocycles. The molecule has 4 heteroatoms. The largest absolute Gasteiger partial charge is 0.395 e. The average molecular weight is 256 g/mol. The lowest BCUT2D eigenvalue weighted by Crippen LogP contribution is -2.48. The van der Waals surface area contributed by atoms with Crippen LogP contribution in [-0.2, 0) is 4.74 Å². The molecule has 2 aliphatic rings. The monoisotopic (exact) mass is 256 g/mol. The van der Waals surface area contributed by atoms with Gasteiger partial charge in [0.15, 0.2) is 0 Å². The van der Waals surface area contributed by atoms with Crippen LogP contribution < -0.4 is 5.32 Å². The van der Waals surface area contributed by atoms with Gasteiger partial charge in [0.1, 0.15) is 0 Å². The number of aliphatic hydroxyl groups is 1. The molecule has 2 rings (SSSR count). The van der Waals surface area contributed by atoms with Crippen LogP contribution in [0.25, 0.3) is 0 Å². The fourth-order valence-electron chi connectivity index (χ4n) is 3.22. The molecule has 4 nitrogen and oxygen atoms in total. The van der Waals surface area contributed by atoms with Gasteiger partial charge in [0.25, 0.3) is 0 Å². The van der Waals surface area contributed by atoms with Crippen molar-refractivity contribution in [2.75, 3.05) is 32.8 Å². The summed E-state index contributed by atoms with van der Waals surface area (Å²) >= 11 is 0. The van der Waals surface area contributed by atoms with E-state index in [1.165, 1.54) is 12.8 Å². The number of nitrogens with one attached hydrogen (secondary N) is 1. The summed E-state index contributed by atoms with van der Waals surface area (Å²) in [6.07, 6.45) is 6.34. The average Bonchev–Trinajstić information content (AvgIpc) is 2.91. The van der Waals surface area contributed by atoms with Crippen LogP contribution >= 0.6 is 0 Å². The molecule has 0 aliphatic carbocycles. The highest BCUT2D eigenvalue weighted by Gasteiger charge is 2.28. The Morgan fingerprint density at radius 3 is 2.94 bits per heavy atom. The van der Waals surface area contributed by atoms with Crippen LogP contribution in [0.1, 0.15) is 39.0 Å². The van der Waals surface area contributed by atoms with Crippen molar-refractivity contribution in [2.24, 2.45) is 0 Å². The molecule has 2 fully saturated rings. The van der Waals surface area contributed by atoms with Gasteiger partial charge in [-0.3, -0.25) is 4.90 Å². The second-order valence-electron chi connectivity index (χ2n) is 5.59. The number of ether oxygens (including phenoxy) is 1. The lowest BCUT2D eigenvalue weighted by molar-refractivity contribution is -0.0323. The third kappa shape index (κ3) is 3.92. The van der Waals surface area contributed by atoms with Crippen molar-refractivity contribution in [1.82, 2.24) is 10.2 Å². The maximum Gasteiger partial charge on any atom is 0.0587 e. The molecule has 2 aliphatic heterocycles. The number of hydrogen-bond donors (Lipinski definition) is 2. The Hall–Kier alpha value is -0.160. The van der Waals surface area contributed by atoms with E-state index in [2.05, 4.69) is 17.1 Å². The van der Waals surface area contributed by atoms with E-state index in [1.54, 1.807) is 0 Å². The lowest BCUT2D eigenvalue weighted by Gasteiger charge is -2.38. The summed E-state index contributed by atoms with van der Waals surface area (Å²) in [6, 6.07) is 1.22. The van der Waals surface area contributed by atoms with Crippen LogP contribution in [0.2, 0.25) is 0 Å². The van der Waals surface area contributed by atoms with Crippen LogP contribution in [0, 0.1) is 0 Å². The van der Waals surface area contributed by atoms with Gasteiger partial charge in [0, 0.05) is 31.8 Å². The van der Waals surface area contributed by atoms with E-state index in [0.29, 0.717) is 18.2 Å². The van der Waals surface area contributed by atoms with Crippen molar-refractivity contribution < 1.29 is 9.84 Å². The van der Waals surface area contributed by atoms with E-state index in [0.717, 1.165) is 45.5 Å². The van der Waals surface area contributed by atoms with E-state index in [1.807, 2.05) is 0 Å². The Morgan fingerprint density at radius 1 is 1.39 bits per heavy atom. The molecule has 2 saturated heterocycles. The second-order valence-corrected chi connectivity index (χ2v) is 5.59. The van der Waals surface area contributed by atoms with E-state index in [4.69, 9.17) is 4.74 Å². The van der Waals surface area contributed by atoms with Crippen molar-refractivity contribution in [2.45, 2.75) is 57.2 Å². The van der Waals surface area contributed by atoms with Crippen molar-refractivity contribution in [3.05, 3.63) is 0 Å². The summed E-state index contributed by atoms with van der Waals surface area (Å²) < 4.78 is 5.75. The fourth-order valence-corrected chi connectivity index (χ4v) is 3.22. The van der Waals surface area contributed by atoms with Gasteiger partial charge in [-0.1, -0.05) is 6.92 Å². The summed E-state index contributed by atoms with van der Waals surface area (Å²) in [6.45, 7) is 6.38. The van der Waals surface area contributed by atoms with Gasteiger partial charge >= 0.3 is 0 Å². The molecule has 0 aromatic carbocycles. The fraction of sp³-hybridized carbons (Fsp3) is 1.00. The van der Waals surface area contributed by atoms with Gasteiger partial charge in [-0.2, -0.15) is 0 Å². The highest BCUT2D eigenvalue weighted by molar-refractivity contribution is 4.84. The van der Waals surface area contributed by atoms with Crippen LogP contribution in [-0.4, -0.2) is 61.0 Å². The highest BCUT2D eigenvalue weighted by Crippen LogP contribution is 2.22. The molecular weight excluding hydrogens is 228 g/mol. The minimum Gasteiger partial charge on any atom is -0.395 e. The number of aliphatic hydroxyl groups excluding tert-OH is 1. The predicted octanol–water partition coefficient (Wildman–Crippen LogP) is 0.990. The molecule has 3 unspecified atom stereocenters. The first kappa shape index (κ1) is 14.3. The molecule has 106 valence electrons. The Labute approximate surface area is 111 Å². The second kappa shape index (κ2) is 7.43. The molecule has 2 heterocycles. The Balaban J connectivity index is 1.86. The molecule has 3 atom stereocenters. The number of hydrogen-bond acceptors (Lipinski definition) is 4. The van der Waals surface area contributed by atoms with Gasteiger partial charge in [-0.15, -0.1) is 0 Å². The van der Waals surface area contributed by atoms with Gasteiger partial charge in [-0.25, -0.2) is 0 Å². The molecular formula is C14H28N2O2. The number of rotatable bonds is 6. The topological polar surface area (TPSA) is 44.7 Å². The molecule has 0 radical (unpaired) electrons. The summed E-state index contributed by atoms with van der Waals surface area (Å²) in [5, 5.41) is 12.8. The summed E-state index contributed by atoms with van der Waals surface area (Å²) in [5.74, 6) is 0. The standard InChI is InChI=1S/C14H28N2O2/c1-2-14-10-13(5-9-18-14)16(7-8-17)11-12-4-3-6-15-12/h12-15,17H,2-11H2,1H3. The molecule has 2 N–H and O–H groups in total. The minimum absolute atomic E-state index is 0.265. The molecule has 0 bridgehead atoms. The smallest absolute Gasteiger partial charge is 0.0587 e. The Morgan fingerprint density at radius 2 is 2.28 bits per heavy atom. The lowest BCUT2D eigenvalue weighted by atomic mass is 9.99. The van der Waals surface area contributed by atoms with E-state index in [9.17, 15) is 5.11 Å². The summed E-state index contributed by atoms with van der Waals surface area (Å²) in [5.41, 5.74) is 0. The third-order valence-electron chi connectivity index (χ3n) is 4.32. The maximum absolute atomic E-state index is 9.27. The van der Waals surface area contributed by atoms with Crippen LogP contribution in [0.4, 0.5) is 0 Å². The first-order valence-corrected chi connectivity index (χ1v) is 7.53. The maximum atomic E-state index is 9.27.